The number of nitrogens with zero attached hydrogens (tertiary/aromatic N) is 1. The number of benzene rings is 1. The Hall–Kier alpha value is -1.32. The molecule has 0 fully saturated rings. The number of rotatable bonds is 1. The van der Waals surface area contributed by atoms with Crippen LogP contribution in [0.3, 0.4) is 0 Å². The first-order valence-electron chi connectivity index (χ1n) is 4.52. The molecule has 0 aliphatic carbocycles. The average molecular weight is 235 g/mol. The van der Waals surface area contributed by atoms with Gasteiger partial charge in [-0.15, -0.1) is 11.3 Å². The molecule has 2 nitrogen and oxygen atoms in total. The fourth-order valence-electron chi connectivity index (χ4n) is 1.51. The van der Waals surface area contributed by atoms with Crippen LogP contribution >= 0.6 is 22.9 Å². The van der Waals surface area contributed by atoms with Crippen LogP contribution in [0.15, 0.2) is 35.7 Å². The molecule has 0 aliphatic heterocycles. The van der Waals surface area contributed by atoms with Gasteiger partial charge in [-0.1, -0.05) is 17.7 Å². The highest BCUT2D eigenvalue weighted by molar-refractivity contribution is 7.13. The van der Waals surface area contributed by atoms with Gasteiger partial charge in [0.05, 0.1) is 15.9 Å². The first-order valence-corrected chi connectivity index (χ1v) is 5.78. The second-order valence-electron chi connectivity index (χ2n) is 3.22. The van der Waals surface area contributed by atoms with E-state index in [2.05, 4.69) is 9.97 Å². The molecular formula is C11H7ClN2S. The minimum atomic E-state index is 0.726. The monoisotopic (exact) mass is 234 g/mol. The molecule has 1 N–H and O–H groups in total. The summed E-state index contributed by atoms with van der Waals surface area (Å²) in [7, 11) is 0. The molecule has 0 aliphatic rings. The number of halogens is 1. The number of imidazole rings is 1. The Labute approximate surface area is 95.5 Å². The highest BCUT2D eigenvalue weighted by atomic mass is 35.5. The highest BCUT2D eigenvalue weighted by Gasteiger charge is 2.05. The summed E-state index contributed by atoms with van der Waals surface area (Å²) in [4.78, 5) is 8.89. The van der Waals surface area contributed by atoms with E-state index >= 15 is 0 Å². The number of thiophene rings is 1. The number of hydrogen-bond acceptors (Lipinski definition) is 2. The number of aromatic amines is 1. The third-order valence-electron chi connectivity index (χ3n) is 2.20. The zero-order chi connectivity index (χ0) is 10.3. The van der Waals surface area contributed by atoms with Gasteiger partial charge in [0.1, 0.15) is 5.82 Å². The molecule has 0 saturated heterocycles. The molecular weight excluding hydrogens is 228 g/mol. The van der Waals surface area contributed by atoms with Crippen LogP contribution in [0.1, 0.15) is 0 Å². The first kappa shape index (κ1) is 8.95. The van der Waals surface area contributed by atoms with Crippen molar-refractivity contribution in [3.63, 3.8) is 0 Å². The van der Waals surface area contributed by atoms with E-state index in [0.717, 1.165) is 26.8 Å². The molecule has 0 saturated carbocycles. The Morgan fingerprint density at radius 3 is 3.00 bits per heavy atom. The molecule has 3 rings (SSSR count). The molecule has 0 radical (unpaired) electrons. The van der Waals surface area contributed by atoms with Gasteiger partial charge in [-0.2, -0.15) is 0 Å². The molecule has 2 aromatic heterocycles. The molecule has 0 bridgehead atoms. The highest BCUT2D eigenvalue weighted by Crippen LogP contribution is 2.25. The third kappa shape index (κ3) is 1.54. The lowest BCUT2D eigenvalue weighted by Crippen LogP contribution is -1.72. The lowest BCUT2D eigenvalue weighted by Gasteiger charge is -1.87. The smallest absolute Gasteiger partial charge is 0.148 e. The molecule has 2 heterocycles. The minimum absolute atomic E-state index is 0.726. The summed E-state index contributed by atoms with van der Waals surface area (Å²) in [6, 6.07) is 9.72. The fraction of sp³-hybridized carbons (Fsp3) is 0. The van der Waals surface area contributed by atoms with Crippen molar-refractivity contribution in [1.82, 2.24) is 9.97 Å². The summed E-state index contributed by atoms with van der Waals surface area (Å²) >= 11 is 7.58. The van der Waals surface area contributed by atoms with E-state index in [9.17, 15) is 0 Å². The summed E-state index contributed by atoms with van der Waals surface area (Å²) in [6.07, 6.45) is 0. The van der Waals surface area contributed by atoms with Gasteiger partial charge >= 0.3 is 0 Å². The van der Waals surface area contributed by atoms with Gasteiger partial charge in [-0.25, -0.2) is 4.98 Å². The van der Waals surface area contributed by atoms with Crippen molar-refractivity contribution in [2.24, 2.45) is 0 Å². The topological polar surface area (TPSA) is 28.7 Å². The molecule has 0 spiro atoms. The van der Waals surface area contributed by atoms with Gasteiger partial charge in [0.25, 0.3) is 0 Å². The maximum Gasteiger partial charge on any atom is 0.148 e. The maximum absolute atomic E-state index is 5.91. The summed E-state index contributed by atoms with van der Waals surface area (Å²) in [5.41, 5.74) is 1.92. The Morgan fingerprint density at radius 1 is 1.27 bits per heavy atom. The lowest BCUT2D eigenvalue weighted by molar-refractivity contribution is 1.36. The van der Waals surface area contributed by atoms with Gasteiger partial charge in [0.15, 0.2) is 0 Å². The largest absolute Gasteiger partial charge is 0.337 e. The van der Waals surface area contributed by atoms with E-state index in [1.165, 1.54) is 0 Å². The molecule has 4 heteroatoms. The summed E-state index contributed by atoms with van der Waals surface area (Å²) < 4.78 is 0. The van der Waals surface area contributed by atoms with Crippen molar-refractivity contribution in [2.75, 3.05) is 0 Å². The van der Waals surface area contributed by atoms with Crippen molar-refractivity contribution in [2.45, 2.75) is 0 Å². The van der Waals surface area contributed by atoms with Gasteiger partial charge in [-0.3, -0.25) is 0 Å². The molecule has 3 aromatic rings. The van der Waals surface area contributed by atoms with Crippen LogP contribution in [-0.4, -0.2) is 9.97 Å². The van der Waals surface area contributed by atoms with E-state index in [-0.39, 0.29) is 0 Å². The zero-order valence-corrected chi connectivity index (χ0v) is 9.27. The van der Waals surface area contributed by atoms with Gasteiger partial charge in [0, 0.05) is 5.02 Å². The summed E-state index contributed by atoms with van der Waals surface area (Å²) in [6.45, 7) is 0. The quantitative estimate of drug-likeness (QED) is 0.679. The fourth-order valence-corrected chi connectivity index (χ4v) is 2.35. The predicted octanol–water partition coefficient (Wildman–Crippen LogP) is 3.94. The van der Waals surface area contributed by atoms with Crippen molar-refractivity contribution in [1.29, 1.82) is 0 Å². The van der Waals surface area contributed by atoms with E-state index in [4.69, 9.17) is 11.6 Å². The van der Waals surface area contributed by atoms with Crippen molar-refractivity contribution < 1.29 is 0 Å². The number of H-pyrrole nitrogens is 1. The number of aromatic nitrogens is 2. The molecule has 74 valence electrons. The van der Waals surface area contributed by atoms with Crippen molar-refractivity contribution in [3.05, 3.63) is 40.7 Å². The number of hydrogen-bond donors (Lipinski definition) is 1. The van der Waals surface area contributed by atoms with E-state index < -0.39 is 0 Å². The third-order valence-corrected chi connectivity index (χ3v) is 3.31. The van der Waals surface area contributed by atoms with E-state index in [1.807, 2.05) is 35.7 Å². The molecule has 1 aromatic carbocycles. The lowest BCUT2D eigenvalue weighted by atomic mass is 10.3. The van der Waals surface area contributed by atoms with Gasteiger partial charge in [-0.05, 0) is 29.6 Å². The summed E-state index contributed by atoms with van der Waals surface area (Å²) in [5.74, 6) is 0.905. The molecule has 0 unspecified atom stereocenters. The Kier molecular flexibility index (Phi) is 2.01. The van der Waals surface area contributed by atoms with Gasteiger partial charge < -0.3 is 4.98 Å². The second kappa shape index (κ2) is 3.36. The summed E-state index contributed by atoms with van der Waals surface area (Å²) in [5, 5.41) is 2.76. The Bertz CT molecular complexity index is 598. The van der Waals surface area contributed by atoms with Crippen LogP contribution in [0.4, 0.5) is 0 Å². The van der Waals surface area contributed by atoms with E-state index in [0.29, 0.717) is 0 Å². The second-order valence-corrected chi connectivity index (χ2v) is 4.61. The van der Waals surface area contributed by atoms with Crippen LogP contribution in [0.2, 0.25) is 5.02 Å². The van der Waals surface area contributed by atoms with Crippen molar-refractivity contribution >= 4 is 34.0 Å². The van der Waals surface area contributed by atoms with Crippen LogP contribution in [0.5, 0.6) is 0 Å². The molecule has 15 heavy (non-hydrogen) atoms. The van der Waals surface area contributed by atoms with Crippen LogP contribution in [0, 0.1) is 0 Å². The van der Waals surface area contributed by atoms with E-state index in [1.54, 1.807) is 11.3 Å². The standard InChI is InChI=1S/C11H7ClN2S/c12-7-3-4-8-9(6-7)14-11(13-8)10-2-1-5-15-10/h1-6H,(H,13,14). The average Bonchev–Trinajstić information content (AvgIpc) is 2.84. The Morgan fingerprint density at radius 2 is 2.20 bits per heavy atom. The van der Waals surface area contributed by atoms with Crippen molar-refractivity contribution in [3.8, 4) is 10.7 Å². The Balaban J connectivity index is 2.22. The van der Waals surface area contributed by atoms with Gasteiger partial charge in [0.2, 0.25) is 0 Å². The van der Waals surface area contributed by atoms with Crippen LogP contribution in [-0.2, 0) is 0 Å². The molecule has 0 amide bonds. The van der Waals surface area contributed by atoms with Crippen LogP contribution in [0.25, 0.3) is 21.7 Å². The molecule has 0 atom stereocenters. The normalized spacial score (nSPS) is 11.0. The number of fused-ring (bicyclic) bond motifs is 1. The zero-order valence-electron chi connectivity index (χ0n) is 7.70. The SMILES string of the molecule is Clc1ccc2nc(-c3cccs3)[nH]c2c1. The van der Waals surface area contributed by atoms with Crippen LogP contribution < -0.4 is 0 Å². The maximum atomic E-state index is 5.91. The first-order chi connectivity index (χ1) is 7.33. The predicted molar refractivity (Wildman–Crippen MR) is 64.4 cm³/mol. The minimum Gasteiger partial charge on any atom is -0.337 e. The number of nitrogens with one attached hydrogen (secondary N) is 1.